The van der Waals surface area contributed by atoms with Crippen molar-refractivity contribution in [2.75, 3.05) is 19.9 Å². The van der Waals surface area contributed by atoms with Crippen molar-refractivity contribution in [2.24, 2.45) is 0 Å². The van der Waals surface area contributed by atoms with Gasteiger partial charge in [0.05, 0.1) is 6.07 Å². The molecule has 1 atom stereocenters. The summed E-state index contributed by atoms with van der Waals surface area (Å²) in [7, 11) is 0. The summed E-state index contributed by atoms with van der Waals surface area (Å²) in [6.45, 7) is 4.40. The van der Waals surface area contributed by atoms with E-state index in [1.807, 2.05) is 18.2 Å². The number of nitrogens with zero attached hydrogens (tertiary/aromatic N) is 2. The third kappa shape index (κ3) is 2.98. The van der Waals surface area contributed by atoms with Gasteiger partial charge in [-0.05, 0) is 50.6 Å². The molecule has 2 aliphatic heterocycles. The standard InChI is InChI=1S/C17H22N2O2/c1-17(12-18,19-8-4-2-3-5-9-19)11-14-6-7-15-16(10-14)21-13-20-15/h6-7,10H,2-5,8-9,11,13H2,1H3. The van der Waals surface area contributed by atoms with E-state index in [2.05, 4.69) is 17.9 Å². The van der Waals surface area contributed by atoms with Gasteiger partial charge in [0.2, 0.25) is 6.79 Å². The molecular weight excluding hydrogens is 264 g/mol. The molecule has 21 heavy (non-hydrogen) atoms. The Balaban J connectivity index is 1.78. The van der Waals surface area contributed by atoms with E-state index >= 15 is 0 Å². The molecule has 0 aromatic heterocycles. The van der Waals surface area contributed by atoms with Gasteiger partial charge in [0.25, 0.3) is 0 Å². The van der Waals surface area contributed by atoms with Crippen molar-refractivity contribution in [1.82, 2.24) is 4.90 Å². The van der Waals surface area contributed by atoms with Gasteiger partial charge in [-0.15, -0.1) is 0 Å². The normalized spacial score (nSPS) is 21.3. The van der Waals surface area contributed by atoms with Gasteiger partial charge in [-0.3, -0.25) is 4.90 Å². The number of fused-ring (bicyclic) bond motifs is 1. The molecule has 0 amide bonds. The third-order valence-electron chi connectivity index (χ3n) is 4.53. The Morgan fingerprint density at radius 2 is 1.86 bits per heavy atom. The lowest BCUT2D eigenvalue weighted by Gasteiger charge is -2.35. The first-order chi connectivity index (χ1) is 10.2. The minimum Gasteiger partial charge on any atom is -0.454 e. The summed E-state index contributed by atoms with van der Waals surface area (Å²) < 4.78 is 10.8. The quantitative estimate of drug-likeness (QED) is 0.856. The fourth-order valence-electron chi connectivity index (χ4n) is 3.23. The zero-order chi connectivity index (χ0) is 14.7. The highest BCUT2D eigenvalue weighted by molar-refractivity contribution is 5.45. The molecule has 0 spiro atoms. The molecule has 1 aromatic rings. The molecule has 2 aliphatic rings. The van der Waals surface area contributed by atoms with Crippen LogP contribution >= 0.6 is 0 Å². The molecule has 4 nitrogen and oxygen atoms in total. The molecule has 0 N–H and O–H groups in total. The summed E-state index contributed by atoms with van der Waals surface area (Å²) in [6, 6.07) is 8.54. The van der Waals surface area contributed by atoms with E-state index in [4.69, 9.17) is 9.47 Å². The van der Waals surface area contributed by atoms with Gasteiger partial charge in [-0.1, -0.05) is 18.9 Å². The Bertz CT molecular complexity index is 544. The van der Waals surface area contributed by atoms with Crippen LogP contribution in [-0.2, 0) is 6.42 Å². The molecular formula is C17H22N2O2. The van der Waals surface area contributed by atoms with Crippen molar-refractivity contribution in [2.45, 2.75) is 44.6 Å². The molecule has 0 aliphatic carbocycles. The van der Waals surface area contributed by atoms with E-state index in [0.29, 0.717) is 6.79 Å². The van der Waals surface area contributed by atoms with Crippen LogP contribution in [0, 0.1) is 11.3 Å². The second-order valence-corrected chi connectivity index (χ2v) is 6.15. The first kappa shape index (κ1) is 14.2. The highest BCUT2D eigenvalue weighted by Crippen LogP contribution is 2.34. The van der Waals surface area contributed by atoms with Crippen LogP contribution in [-0.4, -0.2) is 30.3 Å². The molecule has 0 radical (unpaired) electrons. The Hall–Kier alpha value is -1.73. The first-order valence-corrected chi connectivity index (χ1v) is 7.76. The molecule has 112 valence electrons. The van der Waals surface area contributed by atoms with Gasteiger partial charge in [-0.2, -0.15) is 5.26 Å². The summed E-state index contributed by atoms with van der Waals surface area (Å²) in [5.74, 6) is 1.59. The number of benzene rings is 1. The molecule has 2 heterocycles. The number of hydrogen-bond donors (Lipinski definition) is 0. The third-order valence-corrected chi connectivity index (χ3v) is 4.53. The summed E-state index contributed by atoms with van der Waals surface area (Å²) in [5.41, 5.74) is 0.686. The predicted octanol–water partition coefficient (Wildman–Crippen LogP) is 3.12. The van der Waals surface area contributed by atoms with Crippen LogP contribution in [0.1, 0.15) is 38.2 Å². The summed E-state index contributed by atoms with van der Waals surface area (Å²) in [6.07, 6.45) is 5.67. The van der Waals surface area contributed by atoms with Crippen LogP contribution in [0.4, 0.5) is 0 Å². The zero-order valence-corrected chi connectivity index (χ0v) is 12.6. The summed E-state index contributed by atoms with van der Waals surface area (Å²) in [4.78, 5) is 2.35. The Kier molecular flexibility index (Phi) is 4.03. The molecule has 1 fully saturated rings. The summed E-state index contributed by atoms with van der Waals surface area (Å²) >= 11 is 0. The minimum atomic E-state index is -0.446. The van der Waals surface area contributed by atoms with E-state index in [9.17, 15) is 5.26 Å². The first-order valence-electron chi connectivity index (χ1n) is 7.76. The topological polar surface area (TPSA) is 45.5 Å². The highest BCUT2D eigenvalue weighted by atomic mass is 16.7. The maximum Gasteiger partial charge on any atom is 0.231 e. The molecule has 4 heteroatoms. The van der Waals surface area contributed by atoms with Crippen molar-refractivity contribution >= 4 is 0 Å². The molecule has 1 saturated heterocycles. The van der Waals surface area contributed by atoms with E-state index in [1.165, 1.54) is 25.7 Å². The zero-order valence-electron chi connectivity index (χ0n) is 12.6. The van der Waals surface area contributed by atoms with Gasteiger partial charge in [0, 0.05) is 6.42 Å². The van der Waals surface area contributed by atoms with Gasteiger partial charge >= 0.3 is 0 Å². The lowest BCUT2D eigenvalue weighted by Crippen LogP contribution is -2.47. The lowest BCUT2D eigenvalue weighted by atomic mass is 9.91. The number of likely N-dealkylation sites (tertiary alicyclic amines) is 1. The minimum absolute atomic E-state index is 0.292. The van der Waals surface area contributed by atoms with Gasteiger partial charge in [-0.25, -0.2) is 0 Å². The monoisotopic (exact) mass is 286 g/mol. The molecule has 1 unspecified atom stereocenters. The fourth-order valence-corrected chi connectivity index (χ4v) is 3.23. The van der Waals surface area contributed by atoms with Crippen LogP contribution in [0.3, 0.4) is 0 Å². The van der Waals surface area contributed by atoms with Crippen molar-refractivity contribution in [3.8, 4) is 17.6 Å². The van der Waals surface area contributed by atoms with E-state index < -0.39 is 5.54 Å². The van der Waals surface area contributed by atoms with Crippen molar-refractivity contribution < 1.29 is 9.47 Å². The van der Waals surface area contributed by atoms with Gasteiger partial charge < -0.3 is 9.47 Å². The summed E-state index contributed by atoms with van der Waals surface area (Å²) in [5, 5.41) is 9.74. The van der Waals surface area contributed by atoms with Crippen LogP contribution < -0.4 is 9.47 Å². The molecule has 3 rings (SSSR count). The molecule has 0 bridgehead atoms. The second kappa shape index (κ2) is 5.95. The second-order valence-electron chi connectivity index (χ2n) is 6.15. The van der Waals surface area contributed by atoms with E-state index in [1.54, 1.807) is 0 Å². The average molecular weight is 286 g/mol. The Morgan fingerprint density at radius 3 is 2.57 bits per heavy atom. The highest BCUT2D eigenvalue weighted by Gasteiger charge is 2.32. The van der Waals surface area contributed by atoms with Crippen molar-refractivity contribution in [3.63, 3.8) is 0 Å². The maximum atomic E-state index is 9.74. The van der Waals surface area contributed by atoms with Crippen molar-refractivity contribution in [1.29, 1.82) is 5.26 Å². The van der Waals surface area contributed by atoms with Gasteiger partial charge in [0.15, 0.2) is 11.5 Å². The fraction of sp³-hybridized carbons (Fsp3) is 0.588. The largest absolute Gasteiger partial charge is 0.454 e. The lowest BCUT2D eigenvalue weighted by molar-refractivity contribution is 0.157. The van der Waals surface area contributed by atoms with Crippen LogP contribution in [0.5, 0.6) is 11.5 Å². The average Bonchev–Trinajstić information content (AvgIpc) is 2.78. The van der Waals surface area contributed by atoms with E-state index in [0.717, 1.165) is 36.6 Å². The van der Waals surface area contributed by atoms with Crippen LogP contribution in [0.25, 0.3) is 0 Å². The van der Waals surface area contributed by atoms with Crippen LogP contribution in [0.15, 0.2) is 18.2 Å². The molecule has 1 aromatic carbocycles. The van der Waals surface area contributed by atoms with Crippen molar-refractivity contribution in [3.05, 3.63) is 23.8 Å². The Morgan fingerprint density at radius 1 is 1.14 bits per heavy atom. The Labute approximate surface area is 126 Å². The van der Waals surface area contributed by atoms with Crippen LogP contribution in [0.2, 0.25) is 0 Å². The molecule has 0 saturated carbocycles. The van der Waals surface area contributed by atoms with Gasteiger partial charge in [0.1, 0.15) is 5.54 Å². The predicted molar refractivity (Wildman–Crippen MR) is 80.3 cm³/mol. The number of hydrogen-bond acceptors (Lipinski definition) is 4. The smallest absolute Gasteiger partial charge is 0.231 e. The number of rotatable bonds is 3. The number of nitriles is 1. The SMILES string of the molecule is CC(C#N)(Cc1ccc2c(c1)OCO2)N1CCCCCC1. The van der Waals surface area contributed by atoms with E-state index in [-0.39, 0.29) is 0 Å². The number of ether oxygens (including phenoxy) is 2. The maximum absolute atomic E-state index is 9.74.